The predicted molar refractivity (Wildman–Crippen MR) is 74.7 cm³/mol. The second-order valence-corrected chi connectivity index (χ2v) is 5.08. The molecule has 1 saturated heterocycles. The summed E-state index contributed by atoms with van der Waals surface area (Å²) in [5.41, 5.74) is 0.141. The molecule has 6 heteroatoms. The Balaban J connectivity index is 1.66. The van der Waals surface area contributed by atoms with Crippen molar-refractivity contribution in [2.45, 2.75) is 31.9 Å². The van der Waals surface area contributed by atoms with Gasteiger partial charge < -0.3 is 15.4 Å². The Bertz CT molecular complexity index is 477. The van der Waals surface area contributed by atoms with E-state index in [4.69, 9.17) is 4.74 Å². The van der Waals surface area contributed by atoms with Gasteiger partial charge in [0.25, 0.3) is 0 Å². The lowest BCUT2D eigenvalue weighted by atomic mass is 10.1. The van der Waals surface area contributed by atoms with Gasteiger partial charge in [0.15, 0.2) is 0 Å². The van der Waals surface area contributed by atoms with E-state index >= 15 is 0 Å². The molecule has 4 nitrogen and oxygen atoms in total. The van der Waals surface area contributed by atoms with Gasteiger partial charge in [0.05, 0.1) is 12.7 Å². The van der Waals surface area contributed by atoms with Gasteiger partial charge in [-0.05, 0) is 44.1 Å². The van der Waals surface area contributed by atoms with Crippen LogP contribution in [0.1, 0.15) is 24.8 Å². The van der Waals surface area contributed by atoms with Gasteiger partial charge in [-0.3, -0.25) is 4.79 Å². The number of carbonyl (C=O) groups excluding carboxylic acids is 1. The maximum absolute atomic E-state index is 13.4. The van der Waals surface area contributed by atoms with E-state index in [2.05, 4.69) is 10.6 Å². The normalized spacial score (nSPS) is 15.9. The Kier molecular flexibility index (Phi) is 6.07. The fourth-order valence-corrected chi connectivity index (χ4v) is 2.24. The number of nitrogens with one attached hydrogen (secondary N) is 2. The van der Waals surface area contributed by atoms with Crippen LogP contribution in [-0.4, -0.2) is 31.7 Å². The quantitative estimate of drug-likeness (QED) is 0.841. The fraction of sp³-hybridized carbons (Fsp3) is 0.533. The van der Waals surface area contributed by atoms with Crippen molar-refractivity contribution in [2.24, 2.45) is 0 Å². The predicted octanol–water partition coefficient (Wildman–Crippen LogP) is 1.74. The SMILES string of the molecule is O=C(CCOC1CCNCC1)NCc1cc(F)ccc1F. The molecule has 1 aromatic rings. The number of hydrogen-bond donors (Lipinski definition) is 2. The summed E-state index contributed by atoms with van der Waals surface area (Å²) in [6.07, 6.45) is 2.34. The number of rotatable bonds is 6. The van der Waals surface area contributed by atoms with Crippen LogP contribution >= 0.6 is 0 Å². The highest BCUT2D eigenvalue weighted by molar-refractivity contribution is 5.75. The number of halogens is 2. The lowest BCUT2D eigenvalue weighted by Crippen LogP contribution is -2.33. The van der Waals surface area contributed by atoms with E-state index in [1.807, 2.05) is 0 Å². The van der Waals surface area contributed by atoms with Gasteiger partial charge in [-0.25, -0.2) is 8.78 Å². The minimum atomic E-state index is -0.525. The van der Waals surface area contributed by atoms with Crippen molar-refractivity contribution in [1.29, 1.82) is 0 Å². The van der Waals surface area contributed by atoms with Gasteiger partial charge in [-0.1, -0.05) is 0 Å². The van der Waals surface area contributed by atoms with Crippen molar-refractivity contribution in [2.75, 3.05) is 19.7 Å². The second-order valence-electron chi connectivity index (χ2n) is 5.08. The molecule has 0 bridgehead atoms. The monoisotopic (exact) mass is 298 g/mol. The first-order valence-electron chi connectivity index (χ1n) is 7.18. The van der Waals surface area contributed by atoms with E-state index in [1.54, 1.807) is 0 Å². The molecule has 0 radical (unpaired) electrons. The molecule has 0 aliphatic carbocycles. The van der Waals surface area contributed by atoms with Gasteiger partial charge in [0, 0.05) is 18.5 Å². The number of benzene rings is 1. The molecule has 0 atom stereocenters. The first-order chi connectivity index (χ1) is 10.1. The van der Waals surface area contributed by atoms with Crippen LogP contribution in [0, 0.1) is 11.6 Å². The van der Waals surface area contributed by atoms with Crippen LogP contribution in [0.25, 0.3) is 0 Å². The Hall–Kier alpha value is -1.53. The van der Waals surface area contributed by atoms with Crippen LogP contribution in [0.2, 0.25) is 0 Å². The molecular formula is C15H20F2N2O2. The van der Waals surface area contributed by atoms with Gasteiger partial charge in [0.2, 0.25) is 5.91 Å². The van der Waals surface area contributed by atoms with Gasteiger partial charge in [-0.15, -0.1) is 0 Å². The fourth-order valence-electron chi connectivity index (χ4n) is 2.24. The zero-order valence-corrected chi connectivity index (χ0v) is 11.8. The van der Waals surface area contributed by atoms with E-state index in [0.29, 0.717) is 6.61 Å². The Morgan fingerprint density at radius 2 is 2.10 bits per heavy atom. The van der Waals surface area contributed by atoms with Crippen molar-refractivity contribution in [3.05, 3.63) is 35.4 Å². The topological polar surface area (TPSA) is 50.4 Å². The molecule has 0 unspecified atom stereocenters. The summed E-state index contributed by atoms with van der Waals surface area (Å²) in [7, 11) is 0. The number of piperidine rings is 1. The van der Waals surface area contributed by atoms with Crippen molar-refractivity contribution in [1.82, 2.24) is 10.6 Å². The molecule has 1 aliphatic rings. The third-order valence-electron chi connectivity index (χ3n) is 3.45. The molecule has 2 N–H and O–H groups in total. The summed E-state index contributed by atoms with van der Waals surface area (Å²) >= 11 is 0. The number of ether oxygens (including phenoxy) is 1. The zero-order valence-electron chi connectivity index (χ0n) is 11.8. The first-order valence-corrected chi connectivity index (χ1v) is 7.18. The van der Waals surface area contributed by atoms with Gasteiger partial charge in [-0.2, -0.15) is 0 Å². The van der Waals surface area contributed by atoms with E-state index in [9.17, 15) is 13.6 Å². The second kappa shape index (κ2) is 8.05. The zero-order chi connectivity index (χ0) is 15.1. The molecule has 116 valence electrons. The van der Waals surface area contributed by atoms with Crippen molar-refractivity contribution in [3.63, 3.8) is 0 Å². The first kappa shape index (κ1) is 15.9. The molecule has 0 aromatic heterocycles. The smallest absolute Gasteiger partial charge is 0.222 e. The lowest BCUT2D eigenvalue weighted by Gasteiger charge is -2.22. The molecule has 0 spiro atoms. The van der Waals surface area contributed by atoms with Crippen LogP contribution in [-0.2, 0) is 16.1 Å². The van der Waals surface area contributed by atoms with E-state index < -0.39 is 11.6 Å². The summed E-state index contributed by atoms with van der Waals surface area (Å²) in [5.74, 6) is -1.27. The van der Waals surface area contributed by atoms with Gasteiger partial charge in [0.1, 0.15) is 11.6 Å². The minimum Gasteiger partial charge on any atom is -0.378 e. The minimum absolute atomic E-state index is 0.0181. The van der Waals surface area contributed by atoms with E-state index in [-0.39, 0.29) is 30.5 Å². The van der Waals surface area contributed by atoms with Crippen LogP contribution in [0.3, 0.4) is 0 Å². The number of hydrogen-bond acceptors (Lipinski definition) is 3. The summed E-state index contributed by atoms with van der Waals surface area (Å²) < 4.78 is 32.0. The maximum Gasteiger partial charge on any atom is 0.222 e. The average molecular weight is 298 g/mol. The van der Waals surface area contributed by atoms with E-state index in [1.165, 1.54) is 0 Å². The molecule has 1 heterocycles. The summed E-state index contributed by atoms with van der Waals surface area (Å²) in [6, 6.07) is 3.19. The summed E-state index contributed by atoms with van der Waals surface area (Å²) in [5, 5.41) is 5.80. The number of amides is 1. The van der Waals surface area contributed by atoms with Crippen LogP contribution < -0.4 is 10.6 Å². The molecule has 1 fully saturated rings. The van der Waals surface area contributed by atoms with Gasteiger partial charge >= 0.3 is 0 Å². The van der Waals surface area contributed by atoms with Crippen LogP contribution in [0.5, 0.6) is 0 Å². The molecule has 1 aliphatic heterocycles. The Morgan fingerprint density at radius 1 is 1.33 bits per heavy atom. The molecule has 1 amide bonds. The summed E-state index contributed by atoms with van der Waals surface area (Å²) in [4.78, 5) is 11.6. The van der Waals surface area contributed by atoms with Crippen molar-refractivity contribution in [3.8, 4) is 0 Å². The molecule has 1 aromatic carbocycles. The van der Waals surface area contributed by atoms with Crippen LogP contribution in [0.15, 0.2) is 18.2 Å². The molecule has 21 heavy (non-hydrogen) atoms. The third-order valence-corrected chi connectivity index (χ3v) is 3.45. The van der Waals surface area contributed by atoms with Crippen LogP contribution in [0.4, 0.5) is 8.78 Å². The maximum atomic E-state index is 13.4. The highest BCUT2D eigenvalue weighted by Gasteiger charge is 2.13. The average Bonchev–Trinajstić information content (AvgIpc) is 2.49. The highest BCUT2D eigenvalue weighted by atomic mass is 19.1. The van der Waals surface area contributed by atoms with E-state index in [0.717, 1.165) is 44.1 Å². The Labute approximate surface area is 122 Å². The summed E-state index contributed by atoms with van der Waals surface area (Å²) in [6.45, 7) is 2.21. The van der Waals surface area contributed by atoms with Crippen molar-refractivity contribution < 1.29 is 18.3 Å². The van der Waals surface area contributed by atoms with Crippen molar-refractivity contribution >= 4 is 5.91 Å². The molecule has 2 rings (SSSR count). The third kappa shape index (κ3) is 5.40. The molecular weight excluding hydrogens is 278 g/mol. The standard InChI is InChI=1S/C15H20F2N2O2/c16-12-1-2-14(17)11(9-12)10-19-15(20)5-8-21-13-3-6-18-7-4-13/h1-2,9,13,18H,3-8,10H2,(H,19,20). The Morgan fingerprint density at radius 3 is 2.86 bits per heavy atom. The number of carbonyl (C=O) groups is 1. The lowest BCUT2D eigenvalue weighted by molar-refractivity contribution is -0.122. The molecule has 0 saturated carbocycles. The highest BCUT2D eigenvalue weighted by Crippen LogP contribution is 2.10. The largest absolute Gasteiger partial charge is 0.378 e.